The van der Waals surface area contributed by atoms with E-state index in [0.29, 0.717) is 17.0 Å². The van der Waals surface area contributed by atoms with Gasteiger partial charge < -0.3 is 15.0 Å². The van der Waals surface area contributed by atoms with E-state index in [-0.39, 0.29) is 12.0 Å². The summed E-state index contributed by atoms with van der Waals surface area (Å²) in [5, 5.41) is 13.3. The maximum Gasteiger partial charge on any atom is 0.204 e. The fourth-order valence-corrected chi connectivity index (χ4v) is 2.18. The van der Waals surface area contributed by atoms with Crippen molar-refractivity contribution in [1.82, 2.24) is 14.9 Å². The predicted molar refractivity (Wildman–Crippen MR) is 63.7 cm³/mol. The minimum atomic E-state index is 0.106. The minimum Gasteiger partial charge on any atom is -0.396 e. The van der Waals surface area contributed by atoms with E-state index >= 15 is 0 Å². The van der Waals surface area contributed by atoms with Crippen LogP contribution in [0.3, 0.4) is 0 Å². The standard InChI is InChI=1S/C10H15Cl2N3O/c1-15-7(8(11)14-9(15)12)4-13-5-10(6-16)2-3-10/h13,16H,2-6H2,1H3. The van der Waals surface area contributed by atoms with Gasteiger partial charge in [0.15, 0.2) is 5.15 Å². The highest BCUT2D eigenvalue weighted by atomic mass is 35.5. The molecule has 1 aliphatic rings. The SMILES string of the molecule is Cn1c(Cl)nc(Cl)c1CNCC1(CO)CC1. The largest absolute Gasteiger partial charge is 0.396 e. The van der Waals surface area contributed by atoms with Gasteiger partial charge in [-0.05, 0) is 24.4 Å². The molecule has 16 heavy (non-hydrogen) atoms. The molecule has 1 fully saturated rings. The van der Waals surface area contributed by atoms with Crippen molar-refractivity contribution in [3.05, 3.63) is 16.1 Å². The van der Waals surface area contributed by atoms with E-state index in [0.717, 1.165) is 25.1 Å². The fourth-order valence-electron chi connectivity index (χ4n) is 1.68. The van der Waals surface area contributed by atoms with Crippen molar-refractivity contribution in [3.8, 4) is 0 Å². The molecule has 1 heterocycles. The number of halogens is 2. The van der Waals surface area contributed by atoms with Crippen LogP contribution in [0, 0.1) is 5.41 Å². The predicted octanol–water partition coefficient (Wildman–Crippen LogP) is 1.59. The Kier molecular flexibility index (Phi) is 3.45. The summed E-state index contributed by atoms with van der Waals surface area (Å²) in [6.07, 6.45) is 2.19. The molecule has 6 heteroatoms. The number of hydrogen-bond donors (Lipinski definition) is 2. The fraction of sp³-hybridized carbons (Fsp3) is 0.700. The first-order chi connectivity index (χ1) is 7.58. The normalized spacial score (nSPS) is 17.8. The molecule has 1 saturated carbocycles. The Balaban J connectivity index is 1.90. The maximum atomic E-state index is 9.16. The highest BCUT2D eigenvalue weighted by Crippen LogP contribution is 2.44. The number of imidazole rings is 1. The summed E-state index contributed by atoms with van der Waals surface area (Å²) in [5.74, 6) is 0. The van der Waals surface area contributed by atoms with Gasteiger partial charge in [-0.25, -0.2) is 4.98 Å². The van der Waals surface area contributed by atoms with Crippen LogP contribution >= 0.6 is 23.2 Å². The number of rotatable bonds is 5. The van der Waals surface area contributed by atoms with Crippen LogP contribution in [0.2, 0.25) is 10.4 Å². The number of nitrogens with zero attached hydrogens (tertiary/aromatic N) is 2. The van der Waals surface area contributed by atoms with Gasteiger partial charge in [0.2, 0.25) is 5.28 Å². The van der Waals surface area contributed by atoms with Crippen LogP contribution in [-0.2, 0) is 13.6 Å². The van der Waals surface area contributed by atoms with Gasteiger partial charge in [-0.1, -0.05) is 11.6 Å². The summed E-state index contributed by atoms with van der Waals surface area (Å²) in [6.45, 7) is 1.68. The molecule has 0 aliphatic heterocycles. The summed E-state index contributed by atoms with van der Waals surface area (Å²) < 4.78 is 1.76. The number of hydrogen-bond acceptors (Lipinski definition) is 3. The van der Waals surface area contributed by atoms with Crippen molar-refractivity contribution >= 4 is 23.2 Å². The Morgan fingerprint density at radius 1 is 1.50 bits per heavy atom. The van der Waals surface area contributed by atoms with E-state index in [1.54, 1.807) is 4.57 Å². The first-order valence-electron chi connectivity index (χ1n) is 5.26. The monoisotopic (exact) mass is 263 g/mol. The molecule has 90 valence electrons. The smallest absolute Gasteiger partial charge is 0.204 e. The lowest BCUT2D eigenvalue weighted by molar-refractivity contribution is 0.207. The highest BCUT2D eigenvalue weighted by Gasteiger charge is 2.41. The van der Waals surface area contributed by atoms with Crippen LogP contribution in [0.15, 0.2) is 0 Å². The van der Waals surface area contributed by atoms with Gasteiger partial charge in [-0.2, -0.15) is 0 Å². The van der Waals surface area contributed by atoms with Gasteiger partial charge >= 0.3 is 0 Å². The molecule has 2 N–H and O–H groups in total. The van der Waals surface area contributed by atoms with E-state index in [1.807, 2.05) is 7.05 Å². The van der Waals surface area contributed by atoms with Crippen LogP contribution in [0.4, 0.5) is 0 Å². The summed E-state index contributed by atoms with van der Waals surface area (Å²) in [4.78, 5) is 3.97. The van der Waals surface area contributed by atoms with Crippen molar-refractivity contribution in [2.24, 2.45) is 12.5 Å². The third-order valence-corrected chi connectivity index (χ3v) is 3.84. The summed E-state index contributed by atoms with van der Waals surface area (Å²) in [5.41, 5.74) is 0.981. The van der Waals surface area contributed by atoms with Crippen molar-refractivity contribution in [3.63, 3.8) is 0 Å². The zero-order valence-corrected chi connectivity index (χ0v) is 10.6. The Morgan fingerprint density at radius 2 is 2.19 bits per heavy atom. The van der Waals surface area contributed by atoms with Gasteiger partial charge in [0.05, 0.1) is 5.69 Å². The van der Waals surface area contributed by atoms with E-state index in [9.17, 15) is 0 Å². The molecular weight excluding hydrogens is 249 g/mol. The highest BCUT2D eigenvalue weighted by molar-refractivity contribution is 6.32. The zero-order chi connectivity index (χ0) is 11.8. The van der Waals surface area contributed by atoms with Gasteiger partial charge in [0.1, 0.15) is 0 Å². The molecular formula is C10H15Cl2N3O. The third kappa shape index (κ3) is 2.35. The lowest BCUT2D eigenvalue weighted by Gasteiger charge is -2.12. The topological polar surface area (TPSA) is 50.1 Å². The van der Waals surface area contributed by atoms with Crippen molar-refractivity contribution in [2.75, 3.05) is 13.2 Å². The first kappa shape index (κ1) is 12.2. The Labute approximate surface area is 105 Å². The molecule has 1 aromatic heterocycles. The molecule has 0 unspecified atom stereocenters. The molecule has 0 atom stereocenters. The van der Waals surface area contributed by atoms with Gasteiger partial charge in [-0.3, -0.25) is 0 Å². The molecule has 1 aromatic rings. The van der Waals surface area contributed by atoms with Gasteiger partial charge in [0, 0.05) is 32.2 Å². The van der Waals surface area contributed by atoms with Crippen LogP contribution < -0.4 is 5.32 Å². The van der Waals surface area contributed by atoms with E-state index in [1.165, 1.54) is 0 Å². The molecule has 0 bridgehead atoms. The van der Waals surface area contributed by atoms with Crippen molar-refractivity contribution in [2.45, 2.75) is 19.4 Å². The number of aliphatic hydroxyl groups excluding tert-OH is 1. The maximum absolute atomic E-state index is 9.16. The second-order valence-electron chi connectivity index (χ2n) is 4.44. The molecule has 0 radical (unpaired) electrons. The van der Waals surface area contributed by atoms with Crippen LogP contribution in [0.1, 0.15) is 18.5 Å². The molecule has 1 aliphatic carbocycles. The molecule has 2 rings (SSSR count). The van der Waals surface area contributed by atoms with Gasteiger partial charge in [0.25, 0.3) is 0 Å². The second-order valence-corrected chi connectivity index (χ2v) is 5.14. The zero-order valence-electron chi connectivity index (χ0n) is 9.13. The number of aliphatic hydroxyl groups is 1. The molecule has 0 aromatic carbocycles. The second kappa shape index (κ2) is 4.53. The summed E-state index contributed by atoms with van der Waals surface area (Å²) in [7, 11) is 1.83. The van der Waals surface area contributed by atoms with Crippen LogP contribution in [0.5, 0.6) is 0 Å². The Bertz CT molecular complexity index is 388. The van der Waals surface area contributed by atoms with Crippen LogP contribution in [-0.4, -0.2) is 27.8 Å². The quantitative estimate of drug-likeness (QED) is 0.849. The Morgan fingerprint density at radius 3 is 2.62 bits per heavy atom. The average Bonchev–Trinajstić information content (AvgIpc) is 2.99. The van der Waals surface area contributed by atoms with Crippen molar-refractivity contribution < 1.29 is 5.11 Å². The van der Waals surface area contributed by atoms with Crippen molar-refractivity contribution in [1.29, 1.82) is 0 Å². The summed E-state index contributed by atoms with van der Waals surface area (Å²) in [6, 6.07) is 0. The van der Waals surface area contributed by atoms with E-state index in [4.69, 9.17) is 28.3 Å². The lowest BCUT2D eigenvalue weighted by atomic mass is 10.1. The summed E-state index contributed by atoms with van der Waals surface area (Å²) >= 11 is 11.8. The van der Waals surface area contributed by atoms with Crippen LogP contribution in [0.25, 0.3) is 0 Å². The molecule has 4 nitrogen and oxygen atoms in total. The third-order valence-electron chi connectivity index (χ3n) is 3.20. The molecule has 0 spiro atoms. The van der Waals surface area contributed by atoms with Gasteiger partial charge in [-0.15, -0.1) is 0 Å². The first-order valence-corrected chi connectivity index (χ1v) is 6.02. The minimum absolute atomic E-state index is 0.106. The average molecular weight is 264 g/mol. The Hall–Kier alpha value is -0.290. The van der Waals surface area contributed by atoms with E-state index < -0.39 is 0 Å². The molecule has 0 saturated heterocycles. The molecule has 0 amide bonds. The van der Waals surface area contributed by atoms with E-state index in [2.05, 4.69) is 10.3 Å². The number of nitrogens with one attached hydrogen (secondary N) is 1. The number of aromatic nitrogens is 2. The lowest BCUT2D eigenvalue weighted by Crippen LogP contribution is -2.26.